The summed E-state index contributed by atoms with van der Waals surface area (Å²) in [6.45, 7) is 0. The third-order valence-corrected chi connectivity index (χ3v) is 0. The van der Waals surface area contributed by atoms with E-state index in [0.29, 0.717) is 0 Å². The SMILES string of the molecule is C[NH+](C)C.[O-][I+2]([O-])[O-].[Si]. The molecule has 0 saturated heterocycles. The Hall–Kier alpha value is 0.787. The summed E-state index contributed by atoms with van der Waals surface area (Å²) in [4.78, 5) is 1.42. The van der Waals surface area contributed by atoms with Gasteiger partial charge in [-0.1, -0.05) is 0 Å². The van der Waals surface area contributed by atoms with Crippen molar-refractivity contribution in [1.82, 2.24) is 0 Å². The minimum Gasteiger partial charge on any atom is -0.427 e. The van der Waals surface area contributed by atoms with Crippen LogP contribution < -0.4 is 36.3 Å². The largest absolute Gasteiger partial charge is 0.427 e. The zero-order chi connectivity index (χ0) is 7.15. The molecule has 0 aromatic rings. The Morgan fingerprint density at radius 2 is 1.00 bits per heavy atom. The van der Waals surface area contributed by atoms with Gasteiger partial charge in [-0.25, -0.2) is 0 Å². The molecule has 0 fully saturated rings. The van der Waals surface area contributed by atoms with Crippen LogP contribution in [0.15, 0.2) is 0 Å². The lowest BCUT2D eigenvalue weighted by Gasteiger charge is -1.88. The number of hydrogen-bond donors (Lipinski definition) is 1. The molecular formula is C3H10INO3Si. The van der Waals surface area contributed by atoms with Crippen molar-refractivity contribution in [3.8, 4) is 0 Å². The lowest BCUT2D eigenvalue weighted by atomic mass is 11.0. The number of rotatable bonds is 0. The second kappa shape index (κ2) is 11.6. The van der Waals surface area contributed by atoms with Crippen molar-refractivity contribution in [2.45, 2.75) is 0 Å². The molecule has 0 saturated carbocycles. The van der Waals surface area contributed by atoms with Gasteiger partial charge < -0.3 is 15.2 Å². The summed E-state index contributed by atoms with van der Waals surface area (Å²) in [5, 5.41) is 0. The van der Waals surface area contributed by atoms with Gasteiger partial charge in [0.1, 0.15) is 0 Å². The van der Waals surface area contributed by atoms with Crippen molar-refractivity contribution in [3.05, 3.63) is 0 Å². The molecule has 0 unspecified atom stereocenters. The van der Waals surface area contributed by atoms with Crippen LogP contribution in [0.25, 0.3) is 0 Å². The van der Waals surface area contributed by atoms with Crippen molar-refractivity contribution in [1.29, 1.82) is 0 Å². The molecule has 4 nitrogen and oxygen atoms in total. The first-order valence-corrected chi connectivity index (χ1v) is 4.61. The van der Waals surface area contributed by atoms with E-state index in [0.717, 1.165) is 0 Å². The highest BCUT2D eigenvalue weighted by atomic mass is 127. The molecule has 4 radical (unpaired) electrons. The van der Waals surface area contributed by atoms with Gasteiger partial charge in [-0.2, -0.15) is 0 Å². The van der Waals surface area contributed by atoms with Crippen LogP contribution in [0.2, 0.25) is 0 Å². The van der Waals surface area contributed by atoms with Crippen LogP contribution >= 0.6 is 0 Å². The lowest BCUT2D eigenvalue weighted by Crippen LogP contribution is -4.05. The van der Waals surface area contributed by atoms with E-state index < -0.39 is 21.1 Å². The van der Waals surface area contributed by atoms with Crippen LogP contribution in [0.5, 0.6) is 0 Å². The fourth-order valence-electron chi connectivity index (χ4n) is 0. The van der Waals surface area contributed by atoms with Crippen molar-refractivity contribution < 1.29 is 36.3 Å². The summed E-state index contributed by atoms with van der Waals surface area (Å²) < 4.78 is 25.7. The Kier molecular flexibility index (Phi) is 21.1. The van der Waals surface area contributed by atoms with Crippen LogP contribution in [0, 0.1) is 0 Å². The summed E-state index contributed by atoms with van der Waals surface area (Å²) in [6.07, 6.45) is 0. The molecule has 1 N–H and O–H groups in total. The highest BCUT2D eigenvalue weighted by Gasteiger charge is 1.70. The number of quaternary nitrogens is 1. The van der Waals surface area contributed by atoms with E-state index in [9.17, 15) is 0 Å². The van der Waals surface area contributed by atoms with E-state index >= 15 is 0 Å². The quantitative estimate of drug-likeness (QED) is 0.348. The Morgan fingerprint density at radius 3 is 1.00 bits per heavy atom. The van der Waals surface area contributed by atoms with Crippen molar-refractivity contribution in [3.63, 3.8) is 0 Å². The van der Waals surface area contributed by atoms with Crippen LogP contribution in [0.4, 0.5) is 0 Å². The smallest absolute Gasteiger partial charge is 0.282 e. The van der Waals surface area contributed by atoms with Crippen LogP contribution in [-0.2, 0) is 0 Å². The Morgan fingerprint density at radius 1 is 1.00 bits per heavy atom. The monoisotopic (exact) mass is 263 g/mol. The van der Waals surface area contributed by atoms with Gasteiger partial charge in [-0.05, 0) is 0 Å². The second-order valence-corrected chi connectivity index (χ2v) is 2.77. The average molecular weight is 263 g/mol. The van der Waals surface area contributed by atoms with Crippen molar-refractivity contribution >= 4 is 11.0 Å². The second-order valence-electron chi connectivity index (χ2n) is 1.69. The maximum atomic E-state index is 8.57. The van der Waals surface area contributed by atoms with Gasteiger partial charge in [-0.15, -0.1) is 0 Å². The number of nitrogens with one attached hydrogen (secondary N) is 1. The van der Waals surface area contributed by atoms with Crippen molar-refractivity contribution in [2.75, 3.05) is 21.1 Å². The minimum atomic E-state index is -4.01. The third kappa shape index (κ3) is 654. The first-order chi connectivity index (χ1) is 3.46. The Bertz CT molecular complexity index is 34.5. The normalized spacial score (nSPS) is 8.00. The first-order valence-electron chi connectivity index (χ1n) is 1.96. The van der Waals surface area contributed by atoms with E-state index in [1.165, 1.54) is 4.90 Å². The lowest BCUT2D eigenvalue weighted by molar-refractivity contribution is -1.73. The van der Waals surface area contributed by atoms with Crippen LogP contribution in [0.1, 0.15) is 0 Å². The molecule has 0 spiro atoms. The number of halogens is 1. The summed E-state index contributed by atoms with van der Waals surface area (Å²) in [6, 6.07) is 0. The van der Waals surface area contributed by atoms with Gasteiger partial charge in [-0.3, -0.25) is 0 Å². The molecule has 0 aliphatic carbocycles. The Balaban J connectivity index is -0.0000000720. The molecule has 0 aliphatic heterocycles. The summed E-state index contributed by atoms with van der Waals surface area (Å²) in [5.74, 6) is 0. The van der Waals surface area contributed by atoms with Gasteiger partial charge in [0.15, 0.2) is 0 Å². The molecule has 0 aromatic heterocycles. The molecule has 0 aromatic carbocycles. The standard InChI is InChI=1S/C3H9N.IO3.Si/c1-4(2)3;2-1(3)4;/h1-3H3;;/q;-1;/p+1. The maximum Gasteiger partial charge on any atom is 0.282 e. The van der Waals surface area contributed by atoms with Crippen LogP contribution in [0.3, 0.4) is 0 Å². The molecule has 0 bridgehead atoms. The van der Waals surface area contributed by atoms with E-state index in [4.69, 9.17) is 10.3 Å². The summed E-state index contributed by atoms with van der Waals surface area (Å²) in [5.41, 5.74) is 0. The maximum absolute atomic E-state index is 8.57. The average Bonchev–Trinajstić information content (AvgIpc) is 1.25. The van der Waals surface area contributed by atoms with E-state index in [1.54, 1.807) is 0 Å². The predicted octanol–water partition coefficient (Wildman–Crippen LogP) is -8.18. The summed E-state index contributed by atoms with van der Waals surface area (Å²) in [7, 11) is 6.25. The molecular weight excluding hydrogens is 253 g/mol. The zero-order valence-electron chi connectivity index (χ0n) is 5.60. The van der Waals surface area contributed by atoms with Crippen molar-refractivity contribution in [2.24, 2.45) is 0 Å². The highest BCUT2D eigenvalue weighted by molar-refractivity contribution is 5.75. The zero-order valence-corrected chi connectivity index (χ0v) is 8.76. The number of hydrogen-bond acceptors (Lipinski definition) is 3. The molecule has 0 aliphatic rings. The van der Waals surface area contributed by atoms with Crippen LogP contribution in [-0.4, -0.2) is 32.1 Å². The van der Waals surface area contributed by atoms with Gasteiger partial charge in [0.2, 0.25) is 0 Å². The molecule has 6 heteroatoms. The predicted molar refractivity (Wildman–Crippen MR) is 24.5 cm³/mol. The van der Waals surface area contributed by atoms with E-state index in [-0.39, 0.29) is 11.0 Å². The highest BCUT2D eigenvalue weighted by Crippen LogP contribution is 0.864. The van der Waals surface area contributed by atoms with Gasteiger partial charge in [0.05, 0.1) is 21.1 Å². The molecule has 0 amide bonds. The van der Waals surface area contributed by atoms with E-state index in [1.807, 2.05) is 0 Å². The summed E-state index contributed by atoms with van der Waals surface area (Å²) >= 11 is -4.01. The molecule has 9 heavy (non-hydrogen) atoms. The Labute approximate surface area is 68.6 Å². The third-order valence-electron chi connectivity index (χ3n) is 0. The molecule has 56 valence electrons. The van der Waals surface area contributed by atoms with E-state index in [2.05, 4.69) is 21.1 Å². The molecule has 0 atom stereocenters. The van der Waals surface area contributed by atoms with Gasteiger partial charge in [0.25, 0.3) is 21.1 Å². The first kappa shape index (κ1) is 16.4. The fraction of sp³-hybridized carbons (Fsp3) is 1.00. The molecule has 0 heterocycles. The van der Waals surface area contributed by atoms with Gasteiger partial charge in [0, 0.05) is 11.0 Å². The van der Waals surface area contributed by atoms with Gasteiger partial charge >= 0.3 is 0 Å². The molecule has 0 rings (SSSR count). The minimum absolute atomic E-state index is 0. The topological polar surface area (TPSA) is 73.6 Å². The fourth-order valence-corrected chi connectivity index (χ4v) is 0.